The van der Waals surface area contributed by atoms with Crippen molar-refractivity contribution in [1.29, 1.82) is 0 Å². The van der Waals surface area contributed by atoms with Crippen LogP contribution < -0.4 is 5.32 Å². The van der Waals surface area contributed by atoms with E-state index in [-0.39, 0.29) is 17.0 Å². The number of fused-ring (bicyclic) bond motifs is 1. The minimum Gasteiger partial charge on any atom is -0.390 e. The summed E-state index contributed by atoms with van der Waals surface area (Å²) in [6, 6.07) is 13.1. The van der Waals surface area contributed by atoms with E-state index in [1.807, 2.05) is 0 Å². The van der Waals surface area contributed by atoms with Crippen LogP contribution in [0.15, 0.2) is 51.8 Å². The highest BCUT2D eigenvalue weighted by Crippen LogP contribution is 2.32. The fourth-order valence-corrected chi connectivity index (χ4v) is 5.99. The lowest BCUT2D eigenvalue weighted by Gasteiger charge is -2.31. The summed E-state index contributed by atoms with van der Waals surface area (Å²) >= 11 is 9.30. The molecule has 0 heterocycles. The largest absolute Gasteiger partial charge is 0.390 e. The van der Waals surface area contributed by atoms with Crippen LogP contribution in [0, 0.1) is 5.92 Å². The van der Waals surface area contributed by atoms with Crippen molar-refractivity contribution in [3.63, 3.8) is 0 Å². The molecule has 0 saturated carbocycles. The Labute approximate surface area is 199 Å². The highest BCUT2D eigenvalue weighted by atomic mass is 79.9. The molecule has 1 atom stereocenters. The number of β-amino-alcohol motifs (C(OH)–C–C–N with tert-alkyl or cyclic N) is 1. The van der Waals surface area contributed by atoms with Gasteiger partial charge in [-0.1, -0.05) is 35.9 Å². The lowest BCUT2D eigenvalue weighted by Crippen LogP contribution is -2.47. The van der Waals surface area contributed by atoms with Crippen LogP contribution in [-0.4, -0.2) is 49.6 Å². The maximum atomic E-state index is 12.8. The SMILES string of the molecule is CN(CC(O)CNC(C)(C)CC1Cc2ccccc2C1)S(=O)(=O)c1ccc(Br)c(Cl)c1. The number of sulfonamides is 1. The first-order valence-electron chi connectivity index (χ1n) is 10.4. The van der Waals surface area contributed by atoms with Crippen molar-refractivity contribution in [2.24, 2.45) is 5.92 Å². The van der Waals surface area contributed by atoms with Gasteiger partial charge in [-0.3, -0.25) is 0 Å². The van der Waals surface area contributed by atoms with E-state index in [1.165, 1.54) is 34.6 Å². The molecule has 2 aromatic rings. The summed E-state index contributed by atoms with van der Waals surface area (Å²) in [6.07, 6.45) is 2.33. The molecule has 0 aromatic heterocycles. The van der Waals surface area contributed by atoms with Crippen molar-refractivity contribution in [3.8, 4) is 0 Å². The third-order valence-corrected chi connectivity index (χ3v) is 8.87. The van der Waals surface area contributed by atoms with Crippen molar-refractivity contribution in [1.82, 2.24) is 9.62 Å². The Morgan fingerprint density at radius 3 is 2.42 bits per heavy atom. The zero-order valence-electron chi connectivity index (χ0n) is 18.1. The Morgan fingerprint density at radius 2 is 1.84 bits per heavy atom. The fourth-order valence-electron chi connectivity index (χ4n) is 4.26. The average molecular weight is 530 g/mol. The number of aliphatic hydroxyl groups excluding tert-OH is 1. The zero-order chi connectivity index (χ0) is 22.8. The van der Waals surface area contributed by atoms with Gasteiger partial charge in [-0.2, -0.15) is 4.31 Å². The van der Waals surface area contributed by atoms with Crippen molar-refractivity contribution < 1.29 is 13.5 Å². The molecule has 170 valence electrons. The van der Waals surface area contributed by atoms with Crippen molar-refractivity contribution >= 4 is 37.6 Å². The molecule has 0 spiro atoms. The third kappa shape index (κ3) is 6.30. The molecular formula is C23H30BrClN2O3S. The number of benzene rings is 2. The van der Waals surface area contributed by atoms with E-state index in [2.05, 4.69) is 59.4 Å². The Balaban J connectivity index is 1.51. The molecule has 31 heavy (non-hydrogen) atoms. The molecule has 8 heteroatoms. The molecule has 0 amide bonds. The molecule has 0 radical (unpaired) electrons. The molecule has 2 aromatic carbocycles. The lowest BCUT2D eigenvalue weighted by molar-refractivity contribution is 0.135. The molecule has 1 aliphatic rings. The number of hydrogen-bond donors (Lipinski definition) is 2. The number of hydrogen-bond acceptors (Lipinski definition) is 4. The number of halogens is 2. The second-order valence-electron chi connectivity index (χ2n) is 9.03. The maximum absolute atomic E-state index is 12.8. The fraction of sp³-hybridized carbons (Fsp3) is 0.478. The van der Waals surface area contributed by atoms with E-state index in [4.69, 9.17) is 11.6 Å². The number of likely N-dealkylation sites (N-methyl/N-ethyl adjacent to an activating group) is 1. The molecule has 3 rings (SSSR count). The van der Waals surface area contributed by atoms with Crippen LogP contribution in [0.4, 0.5) is 0 Å². The van der Waals surface area contributed by atoms with Crippen LogP contribution in [0.1, 0.15) is 31.4 Å². The third-order valence-electron chi connectivity index (χ3n) is 5.82. The zero-order valence-corrected chi connectivity index (χ0v) is 21.3. The molecule has 0 aliphatic heterocycles. The van der Waals surface area contributed by atoms with Gasteiger partial charge in [0, 0.05) is 30.1 Å². The first kappa shape index (κ1) is 24.7. The minimum absolute atomic E-state index is 0.00599. The highest BCUT2D eigenvalue weighted by Gasteiger charge is 2.29. The molecule has 2 N–H and O–H groups in total. The van der Waals surface area contributed by atoms with Crippen LogP contribution in [0.3, 0.4) is 0 Å². The molecular weight excluding hydrogens is 500 g/mol. The van der Waals surface area contributed by atoms with Gasteiger partial charge in [0.2, 0.25) is 10.0 Å². The van der Waals surface area contributed by atoms with E-state index in [0.717, 1.165) is 19.3 Å². The summed E-state index contributed by atoms with van der Waals surface area (Å²) in [4.78, 5) is 0.101. The Hall–Kier alpha value is -0.960. The van der Waals surface area contributed by atoms with Crippen LogP contribution in [-0.2, 0) is 22.9 Å². The molecule has 1 aliphatic carbocycles. The predicted octanol–water partition coefficient (Wildman–Crippen LogP) is 4.26. The number of rotatable bonds is 9. The maximum Gasteiger partial charge on any atom is 0.242 e. The summed E-state index contributed by atoms with van der Waals surface area (Å²) in [5.41, 5.74) is 2.70. The predicted molar refractivity (Wildman–Crippen MR) is 129 cm³/mol. The molecule has 1 unspecified atom stereocenters. The molecule has 0 bridgehead atoms. The van der Waals surface area contributed by atoms with E-state index < -0.39 is 16.1 Å². The summed E-state index contributed by atoms with van der Waals surface area (Å²) in [7, 11) is -2.27. The molecule has 0 fully saturated rings. The summed E-state index contributed by atoms with van der Waals surface area (Å²) in [5, 5.41) is 14.2. The van der Waals surface area contributed by atoms with Crippen LogP contribution in [0.25, 0.3) is 0 Å². The van der Waals surface area contributed by atoms with E-state index >= 15 is 0 Å². The lowest BCUT2D eigenvalue weighted by atomic mass is 9.88. The van der Waals surface area contributed by atoms with Gasteiger partial charge in [-0.15, -0.1) is 0 Å². The van der Waals surface area contributed by atoms with Gasteiger partial charge in [-0.05, 0) is 84.3 Å². The topological polar surface area (TPSA) is 69.6 Å². The smallest absolute Gasteiger partial charge is 0.242 e. The second kappa shape index (κ2) is 9.89. The summed E-state index contributed by atoms with van der Waals surface area (Å²) in [6.45, 7) is 4.57. The normalized spacial score (nSPS) is 16.0. The second-order valence-corrected chi connectivity index (χ2v) is 12.3. The van der Waals surface area contributed by atoms with Gasteiger partial charge in [0.25, 0.3) is 0 Å². The number of nitrogens with one attached hydrogen (secondary N) is 1. The Bertz CT molecular complexity index is 1000. The van der Waals surface area contributed by atoms with Crippen LogP contribution in [0.2, 0.25) is 5.02 Å². The standard InChI is InChI=1S/C23H30BrClN2O3S/c1-23(2,13-16-10-17-6-4-5-7-18(17)11-16)26-14-19(28)15-27(3)31(29,30)20-8-9-21(24)22(25)12-20/h4-9,12,16,19,26,28H,10-11,13-15H2,1-3H3. The van der Waals surface area contributed by atoms with Crippen LogP contribution in [0.5, 0.6) is 0 Å². The van der Waals surface area contributed by atoms with Crippen LogP contribution >= 0.6 is 27.5 Å². The first-order chi connectivity index (χ1) is 14.5. The van der Waals surface area contributed by atoms with Gasteiger partial charge in [0.15, 0.2) is 0 Å². The van der Waals surface area contributed by atoms with Gasteiger partial charge in [0.1, 0.15) is 0 Å². The van der Waals surface area contributed by atoms with Gasteiger partial charge in [-0.25, -0.2) is 8.42 Å². The van der Waals surface area contributed by atoms with E-state index in [0.29, 0.717) is 22.0 Å². The number of nitrogens with zero attached hydrogens (tertiary/aromatic N) is 1. The average Bonchev–Trinajstić information content (AvgIpc) is 3.09. The summed E-state index contributed by atoms with van der Waals surface area (Å²) < 4.78 is 27.4. The van der Waals surface area contributed by atoms with Gasteiger partial charge in [0.05, 0.1) is 16.0 Å². The first-order valence-corrected chi connectivity index (χ1v) is 13.0. The molecule has 0 saturated heterocycles. The van der Waals surface area contributed by atoms with Crippen molar-refractivity contribution in [2.75, 3.05) is 20.1 Å². The number of aliphatic hydroxyl groups is 1. The van der Waals surface area contributed by atoms with Gasteiger partial charge < -0.3 is 10.4 Å². The van der Waals surface area contributed by atoms with Gasteiger partial charge >= 0.3 is 0 Å². The minimum atomic E-state index is -3.74. The highest BCUT2D eigenvalue weighted by molar-refractivity contribution is 9.10. The van der Waals surface area contributed by atoms with Crippen molar-refractivity contribution in [2.45, 2.75) is 49.6 Å². The van der Waals surface area contributed by atoms with E-state index in [9.17, 15) is 13.5 Å². The Kier molecular flexibility index (Phi) is 7.88. The quantitative estimate of drug-likeness (QED) is 0.509. The molecule has 5 nitrogen and oxygen atoms in total. The van der Waals surface area contributed by atoms with Crippen molar-refractivity contribution in [3.05, 3.63) is 63.1 Å². The Morgan fingerprint density at radius 1 is 1.23 bits per heavy atom. The summed E-state index contributed by atoms with van der Waals surface area (Å²) in [5.74, 6) is 0.572. The van der Waals surface area contributed by atoms with E-state index in [1.54, 1.807) is 6.07 Å². The monoisotopic (exact) mass is 528 g/mol.